The molecule has 9 heteroatoms. The molecular formula is C23H24FN5O2S. The predicted octanol–water partition coefficient (Wildman–Crippen LogP) is 3.51. The molecule has 0 saturated carbocycles. The number of benzene rings is 1. The zero-order chi connectivity index (χ0) is 21.9. The number of hydrogen-bond acceptors (Lipinski definition) is 7. The summed E-state index contributed by atoms with van der Waals surface area (Å²) in [5, 5.41) is 9.77. The maximum Gasteiger partial charge on any atom is 0.269 e. The largest absolute Gasteiger partial charge is 0.355 e. The Balaban J connectivity index is 1.12. The minimum atomic E-state index is -0.361. The highest BCUT2D eigenvalue weighted by atomic mass is 32.1. The van der Waals surface area contributed by atoms with E-state index in [4.69, 9.17) is 4.52 Å². The standard InChI is InChI=1S/C23H24FN5O2S/c24-16-3-4-19-20(12-16)29(23(30)15-26-19)10-9-28-7-5-17(6-8-28)25-14-18-13-21(31-27-18)22-2-1-11-32-22/h1-4,11-13,15,17,25H,5-10,14H2. The number of hydrogen-bond donors (Lipinski definition) is 1. The van der Waals surface area contributed by atoms with Gasteiger partial charge in [0.25, 0.3) is 5.56 Å². The molecule has 3 aromatic heterocycles. The first-order chi connectivity index (χ1) is 15.7. The average Bonchev–Trinajstić information content (AvgIpc) is 3.50. The maximum absolute atomic E-state index is 13.7. The second kappa shape index (κ2) is 9.32. The van der Waals surface area contributed by atoms with Crippen LogP contribution >= 0.6 is 11.3 Å². The van der Waals surface area contributed by atoms with E-state index >= 15 is 0 Å². The molecule has 0 bridgehead atoms. The van der Waals surface area contributed by atoms with Gasteiger partial charge in [-0.1, -0.05) is 11.2 Å². The van der Waals surface area contributed by atoms with Crippen molar-refractivity contribution in [3.05, 3.63) is 69.8 Å². The first-order valence-electron chi connectivity index (χ1n) is 10.8. The van der Waals surface area contributed by atoms with E-state index in [1.54, 1.807) is 22.0 Å². The van der Waals surface area contributed by atoms with Crippen molar-refractivity contribution in [3.8, 4) is 10.6 Å². The van der Waals surface area contributed by atoms with Gasteiger partial charge in [0.05, 0.1) is 27.8 Å². The highest BCUT2D eigenvalue weighted by molar-refractivity contribution is 7.13. The maximum atomic E-state index is 13.7. The van der Waals surface area contributed by atoms with Crippen molar-refractivity contribution in [2.45, 2.75) is 32.0 Å². The number of likely N-dealkylation sites (tertiary alicyclic amines) is 1. The summed E-state index contributed by atoms with van der Waals surface area (Å²) in [7, 11) is 0. The number of nitrogens with one attached hydrogen (secondary N) is 1. The summed E-state index contributed by atoms with van der Waals surface area (Å²) in [5.74, 6) is 0.450. The van der Waals surface area contributed by atoms with Crippen LogP contribution < -0.4 is 10.9 Å². The Morgan fingerprint density at radius 1 is 1.19 bits per heavy atom. The van der Waals surface area contributed by atoms with Crippen LogP contribution in [0.25, 0.3) is 21.7 Å². The minimum Gasteiger partial charge on any atom is -0.355 e. The molecule has 0 atom stereocenters. The van der Waals surface area contributed by atoms with E-state index in [0.717, 1.165) is 48.8 Å². The third-order valence-electron chi connectivity index (χ3n) is 5.93. The summed E-state index contributed by atoms with van der Waals surface area (Å²) in [6.45, 7) is 3.84. The number of nitrogens with zero attached hydrogens (tertiary/aromatic N) is 4. The molecule has 7 nitrogen and oxygen atoms in total. The van der Waals surface area contributed by atoms with Crippen LogP contribution in [0.4, 0.5) is 4.39 Å². The summed E-state index contributed by atoms with van der Waals surface area (Å²) in [4.78, 5) is 19.9. The molecule has 32 heavy (non-hydrogen) atoms. The first kappa shape index (κ1) is 21.0. The van der Waals surface area contributed by atoms with Gasteiger partial charge in [0, 0.05) is 31.7 Å². The molecule has 1 aromatic carbocycles. The molecule has 5 rings (SSSR count). The van der Waals surface area contributed by atoms with Gasteiger partial charge in [0.1, 0.15) is 5.82 Å². The Bertz CT molecular complexity index is 1250. The Kier molecular flexibility index (Phi) is 6.11. The molecule has 1 fully saturated rings. The zero-order valence-electron chi connectivity index (χ0n) is 17.5. The van der Waals surface area contributed by atoms with Crippen LogP contribution in [-0.2, 0) is 13.1 Å². The van der Waals surface area contributed by atoms with Crippen LogP contribution in [0.5, 0.6) is 0 Å². The second-order valence-electron chi connectivity index (χ2n) is 8.04. The van der Waals surface area contributed by atoms with Crippen molar-refractivity contribution >= 4 is 22.4 Å². The van der Waals surface area contributed by atoms with Gasteiger partial charge in [-0.3, -0.25) is 4.79 Å². The van der Waals surface area contributed by atoms with Crippen molar-refractivity contribution in [2.75, 3.05) is 19.6 Å². The fraction of sp³-hybridized carbons (Fsp3) is 0.348. The summed E-state index contributed by atoms with van der Waals surface area (Å²) in [6, 6.07) is 10.8. The molecule has 0 aliphatic carbocycles. The molecule has 4 aromatic rings. The molecule has 1 aliphatic rings. The van der Waals surface area contributed by atoms with Gasteiger partial charge in [-0.2, -0.15) is 0 Å². The van der Waals surface area contributed by atoms with E-state index in [2.05, 4.69) is 20.4 Å². The van der Waals surface area contributed by atoms with E-state index in [1.165, 1.54) is 18.3 Å². The van der Waals surface area contributed by atoms with Crippen LogP contribution in [0.15, 0.2) is 57.3 Å². The molecular weight excluding hydrogens is 429 g/mol. The fourth-order valence-electron chi connectivity index (χ4n) is 4.15. The van der Waals surface area contributed by atoms with E-state index in [9.17, 15) is 9.18 Å². The summed E-state index contributed by atoms with van der Waals surface area (Å²) < 4.78 is 20.7. The molecule has 0 radical (unpaired) electrons. The fourth-order valence-corrected chi connectivity index (χ4v) is 4.82. The molecule has 1 N–H and O–H groups in total. The Morgan fingerprint density at radius 3 is 2.88 bits per heavy atom. The lowest BCUT2D eigenvalue weighted by molar-refractivity contribution is 0.191. The molecule has 1 aliphatic heterocycles. The Labute approximate surface area is 188 Å². The number of piperidine rings is 1. The van der Waals surface area contributed by atoms with Crippen molar-refractivity contribution < 1.29 is 8.91 Å². The average molecular weight is 454 g/mol. The van der Waals surface area contributed by atoms with Gasteiger partial charge < -0.3 is 19.3 Å². The molecule has 166 valence electrons. The molecule has 0 spiro atoms. The van der Waals surface area contributed by atoms with Crippen LogP contribution in [0.1, 0.15) is 18.5 Å². The topological polar surface area (TPSA) is 76.2 Å². The van der Waals surface area contributed by atoms with Crippen molar-refractivity contribution in [3.63, 3.8) is 0 Å². The van der Waals surface area contributed by atoms with Gasteiger partial charge >= 0.3 is 0 Å². The molecule has 1 saturated heterocycles. The second-order valence-corrected chi connectivity index (χ2v) is 8.99. The lowest BCUT2D eigenvalue weighted by Gasteiger charge is -2.32. The number of aromatic nitrogens is 3. The minimum absolute atomic E-state index is 0.200. The molecule has 0 amide bonds. The zero-order valence-corrected chi connectivity index (χ0v) is 18.4. The SMILES string of the molecule is O=c1cnc2ccc(F)cc2n1CCN1CCC(NCc2cc(-c3cccs3)on2)CC1. The lowest BCUT2D eigenvalue weighted by atomic mass is 10.0. The summed E-state index contributed by atoms with van der Waals surface area (Å²) in [6.07, 6.45) is 3.36. The van der Waals surface area contributed by atoms with Crippen LogP contribution in [0, 0.1) is 5.82 Å². The van der Waals surface area contributed by atoms with E-state index in [-0.39, 0.29) is 11.4 Å². The van der Waals surface area contributed by atoms with E-state index < -0.39 is 0 Å². The summed E-state index contributed by atoms with van der Waals surface area (Å²) >= 11 is 1.64. The monoisotopic (exact) mass is 453 g/mol. The highest BCUT2D eigenvalue weighted by Gasteiger charge is 2.19. The molecule has 0 unspecified atom stereocenters. The van der Waals surface area contributed by atoms with Crippen LogP contribution in [0.3, 0.4) is 0 Å². The van der Waals surface area contributed by atoms with Crippen LogP contribution in [-0.4, -0.2) is 45.3 Å². The van der Waals surface area contributed by atoms with Gasteiger partial charge in [-0.05, 0) is 55.6 Å². The number of fused-ring (bicyclic) bond motifs is 1. The van der Waals surface area contributed by atoms with Gasteiger partial charge in [-0.25, -0.2) is 9.37 Å². The van der Waals surface area contributed by atoms with Gasteiger partial charge in [0.15, 0.2) is 5.76 Å². The van der Waals surface area contributed by atoms with Gasteiger partial charge in [-0.15, -0.1) is 11.3 Å². The highest BCUT2D eigenvalue weighted by Crippen LogP contribution is 2.25. The number of halogens is 1. The van der Waals surface area contributed by atoms with Gasteiger partial charge in [0.2, 0.25) is 0 Å². The van der Waals surface area contributed by atoms with Crippen LogP contribution in [0.2, 0.25) is 0 Å². The number of thiophene rings is 1. The van der Waals surface area contributed by atoms with Crippen molar-refractivity contribution in [1.29, 1.82) is 0 Å². The predicted molar refractivity (Wildman–Crippen MR) is 122 cm³/mol. The number of rotatable bonds is 7. The van der Waals surface area contributed by atoms with Crippen molar-refractivity contribution in [1.82, 2.24) is 24.9 Å². The summed E-state index contributed by atoms with van der Waals surface area (Å²) in [5.41, 5.74) is 1.88. The lowest BCUT2D eigenvalue weighted by Crippen LogP contribution is -2.43. The van der Waals surface area contributed by atoms with Crippen molar-refractivity contribution in [2.24, 2.45) is 0 Å². The van der Waals surface area contributed by atoms with E-state index in [1.807, 2.05) is 23.6 Å². The van der Waals surface area contributed by atoms with E-state index in [0.29, 0.717) is 30.2 Å². The Morgan fingerprint density at radius 2 is 2.06 bits per heavy atom. The third-order valence-corrected chi connectivity index (χ3v) is 6.82. The smallest absolute Gasteiger partial charge is 0.269 e. The Hall–Kier alpha value is -2.88. The third kappa shape index (κ3) is 4.64. The first-order valence-corrected chi connectivity index (χ1v) is 11.6. The quantitative estimate of drug-likeness (QED) is 0.462. The normalized spacial score (nSPS) is 15.5. The molecule has 4 heterocycles.